The molecular formula is C15H15N3O3S2. The number of sulfonamides is 1. The number of rotatable bonds is 3. The monoisotopic (exact) mass is 349 g/mol. The van der Waals surface area contributed by atoms with Crippen LogP contribution in [0.4, 0.5) is 0 Å². The molecule has 0 saturated carbocycles. The van der Waals surface area contributed by atoms with Crippen LogP contribution in [-0.4, -0.2) is 19.4 Å². The lowest BCUT2D eigenvalue weighted by Crippen LogP contribution is -2.48. The molecule has 0 aliphatic heterocycles. The van der Waals surface area contributed by atoms with Gasteiger partial charge in [-0.1, -0.05) is 35.9 Å². The highest BCUT2D eigenvalue weighted by Gasteiger charge is 2.15. The first-order valence-corrected chi connectivity index (χ1v) is 8.52. The maximum Gasteiger partial charge on any atom is 0.269 e. The van der Waals surface area contributed by atoms with Gasteiger partial charge in [-0.05, 0) is 43.4 Å². The van der Waals surface area contributed by atoms with Crippen molar-refractivity contribution in [1.29, 1.82) is 0 Å². The van der Waals surface area contributed by atoms with Gasteiger partial charge in [0.2, 0.25) is 0 Å². The Kier molecular flexibility index (Phi) is 5.30. The van der Waals surface area contributed by atoms with Crippen LogP contribution in [0.5, 0.6) is 0 Å². The standard InChI is InChI=1S/C15H15N3O3S2/c1-11-7-9-13(10-8-11)23(20,21)18-15(22)17-16-14(19)12-5-3-2-4-6-12/h2-10H,1H3,(H,16,19)(H2,17,18,22). The van der Waals surface area contributed by atoms with Gasteiger partial charge in [0.25, 0.3) is 15.9 Å². The third kappa shape index (κ3) is 4.76. The fourth-order valence-corrected chi connectivity index (χ4v) is 2.99. The summed E-state index contributed by atoms with van der Waals surface area (Å²) in [5.41, 5.74) is 6.05. The smallest absolute Gasteiger partial charge is 0.269 e. The number of carbonyl (C=O) groups excluding carboxylic acids is 1. The summed E-state index contributed by atoms with van der Waals surface area (Å²) in [7, 11) is -3.79. The number of hydrazine groups is 1. The summed E-state index contributed by atoms with van der Waals surface area (Å²) < 4.78 is 26.4. The number of hydrogen-bond donors (Lipinski definition) is 3. The molecule has 2 rings (SSSR count). The van der Waals surface area contributed by atoms with Crippen LogP contribution in [0.15, 0.2) is 59.5 Å². The Morgan fingerprint density at radius 3 is 2.17 bits per heavy atom. The van der Waals surface area contributed by atoms with Crippen molar-refractivity contribution in [3.63, 3.8) is 0 Å². The van der Waals surface area contributed by atoms with Gasteiger partial charge < -0.3 is 0 Å². The predicted octanol–water partition coefficient (Wildman–Crippen LogP) is 1.49. The quantitative estimate of drug-likeness (QED) is 0.577. The maximum atomic E-state index is 12.1. The van der Waals surface area contributed by atoms with Crippen molar-refractivity contribution in [2.75, 3.05) is 0 Å². The van der Waals surface area contributed by atoms with Crippen molar-refractivity contribution in [3.05, 3.63) is 65.7 Å². The minimum atomic E-state index is -3.79. The highest BCUT2D eigenvalue weighted by molar-refractivity contribution is 7.91. The van der Waals surface area contributed by atoms with Crippen LogP contribution in [0.2, 0.25) is 0 Å². The largest absolute Gasteiger partial charge is 0.273 e. The van der Waals surface area contributed by atoms with E-state index in [1.165, 1.54) is 12.1 Å². The first-order chi connectivity index (χ1) is 10.9. The molecule has 0 bridgehead atoms. The molecule has 0 radical (unpaired) electrons. The van der Waals surface area contributed by atoms with E-state index in [-0.39, 0.29) is 10.0 Å². The molecule has 0 spiro atoms. The van der Waals surface area contributed by atoms with Crippen LogP contribution in [0.25, 0.3) is 0 Å². The Labute approximate surface area is 139 Å². The van der Waals surface area contributed by atoms with Crippen LogP contribution in [0, 0.1) is 6.92 Å². The molecule has 8 heteroatoms. The Bertz CT molecular complexity index is 804. The average molecular weight is 349 g/mol. The van der Waals surface area contributed by atoms with E-state index < -0.39 is 15.9 Å². The van der Waals surface area contributed by atoms with Crippen LogP contribution in [-0.2, 0) is 10.0 Å². The molecule has 0 aliphatic carbocycles. The van der Waals surface area contributed by atoms with Crippen molar-refractivity contribution >= 4 is 33.3 Å². The summed E-state index contributed by atoms with van der Waals surface area (Å²) in [5.74, 6) is -0.428. The van der Waals surface area contributed by atoms with Crippen molar-refractivity contribution in [2.45, 2.75) is 11.8 Å². The second-order valence-corrected chi connectivity index (χ2v) is 6.78. The van der Waals surface area contributed by atoms with Gasteiger partial charge in [0, 0.05) is 5.56 Å². The Balaban J connectivity index is 1.94. The molecule has 120 valence electrons. The van der Waals surface area contributed by atoms with Gasteiger partial charge in [0.1, 0.15) is 0 Å². The lowest BCUT2D eigenvalue weighted by molar-refractivity contribution is 0.0944. The Hall–Kier alpha value is -2.45. The molecule has 6 nitrogen and oxygen atoms in total. The minimum absolute atomic E-state index is 0.0848. The SMILES string of the molecule is Cc1ccc(S(=O)(=O)NC(=S)NNC(=O)c2ccccc2)cc1. The normalized spacial score (nSPS) is 10.7. The fraction of sp³-hybridized carbons (Fsp3) is 0.0667. The van der Waals surface area contributed by atoms with Crippen molar-refractivity contribution in [2.24, 2.45) is 0 Å². The topological polar surface area (TPSA) is 87.3 Å². The van der Waals surface area contributed by atoms with Crippen LogP contribution < -0.4 is 15.6 Å². The van der Waals surface area contributed by atoms with E-state index in [1.807, 2.05) is 6.92 Å². The molecule has 2 aromatic rings. The van der Waals surface area contributed by atoms with Crippen molar-refractivity contribution in [3.8, 4) is 0 Å². The Morgan fingerprint density at radius 2 is 1.57 bits per heavy atom. The molecule has 0 aromatic heterocycles. The van der Waals surface area contributed by atoms with E-state index >= 15 is 0 Å². The molecule has 0 fully saturated rings. The molecule has 3 N–H and O–H groups in total. The van der Waals surface area contributed by atoms with Crippen molar-refractivity contribution < 1.29 is 13.2 Å². The van der Waals surface area contributed by atoms with Gasteiger partial charge in [0.05, 0.1) is 4.90 Å². The van der Waals surface area contributed by atoms with E-state index in [0.717, 1.165) is 5.56 Å². The molecule has 0 unspecified atom stereocenters. The molecule has 0 heterocycles. The van der Waals surface area contributed by atoms with Crippen LogP contribution in [0.3, 0.4) is 0 Å². The van der Waals surface area contributed by atoms with E-state index in [0.29, 0.717) is 5.56 Å². The van der Waals surface area contributed by atoms with Gasteiger partial charge in [-0.15, -0.1) is 0 Å². The molecule has 0 saturated heterocycles. The summed E-state index contributed by atoms with van der Waals surface area (Å²) in [6, 6.07) is 14.8. The molecule has 23 heavy (non-hydrogen) atoms. The predicted molar refractivity (Wildman–Crippen MR) is 91.1 cm³/mol. The maximum absolute atomic E-state index is 12.1. The first kappa shape index (κ1) is 16.9. The number of carbonyl (C=O) groups is 1. The lowest BCUT2D eigenvalue weighted by Gasteiger charge is -2.12. The summed E-state index contributed by atoms with van der Waals surface area (Å²) in [4.78, 5) is 11.9. The zero-order valence-corrected chi connectivity index (χ0v) is 13.9. The molecular weight excluding hydrogens is 334 g/mol. The van der Waals surface area contributed by atoms with Gasteiger partial charge in [-0.2, -0.15) is 0 Å². The van der Waals surface area contributed by atoms with E-state index in [9.17, 15) is 13.2 Å². The van der Waals surface area contributed by atoms with Gasteiger partial charge in [0.15, 0.2) is 5.11 Å². The second-order valence-electron chi connectivity index (χ2n) is 4.69. The van der Waals surface area contributed by atoms with Gasteiger partial charge in [-0.25, -0.2) is 8.42 Å². The third-order valence-corrected chi connectivity index (χ3v) is 4.58. The first-order valence-electron chi connectivity index (χ1n) is 6.63. The minimum Gasteiger partial charge on any atom is -0.273 e. The second kappa shape index (κ2) is 7.21. The van der Waals surface area contributed by atoms with E-state index in [4.69, 9.17) is 12.2 Å². The van der Waals surface area contributed by atoms with Crippen molar-refractivity contribution in [1.82, 2.24) is 15.6 Å². The third-order valence-electron chi connectivity index (χ3n) is 2.88. The number of benzene rings is 2. The number of thiocarbonyl (C=S) groups is 1. The Morgan fingerprint density at radius 1 is 0.957 bits per heavy atom. The fourth-order valence-electron chi connectivity index (χ4n) is 1.70. The highest BCUT2D eigenvalue weighted by atomic mass is 32.2. The average Bonchev–Trinajstić information content (AvgIpc) is 2.53. The van der Waals surface area contributed by atoms with Crippen LogP contribution >= 0.6 is 12.2 Å². The molecule has 1 amide bonds. The summed E-state index contributed by atoms with van der Waals surface area (Å²) >= 11 is 4.88. The van der Waals surface area contributed by atoms with Gasteiger partial charge >= 0.3 is 0 Å². The number of nitrogens with one attached hydrogen (secondary N) is 3. The lowest BCUT2D eigenvalue weighted by atomic mass is 10.2. The van der Waals surface area contributed by atoms with Crippen LogP contribution in [0.1, 0.15) is 15.9 Å². The number of hydrogen-bond acceptors (Lipinski definition) is 4. The van der Waals surface area contributed by atoms with E-state index in [2.05, 4.69) is 15.6 Å². The highest BCUT2D eigenvalue weighted by Crippen LogP contribution is 2.09. The summed E-state index contributed by atoms with van der Waals surface area (Å²) in [6.45, 7) is 1.86. The number of aryl methyl sites for hydroxylation is 1. The molecule has 2 aromatic carbocycles. The van der Waals surface area contributed by atoms with E-state index in [1.54, 1.807) is 42.5 Å². The summed E-state index contributed by atoms with van der Waals surface area (Å²) in [5, 5.41) is -0.227. The molecule has 0 aliphatic rings. The number of amides is 1. The zero-order valence-electron chi connectivity index (χ0n) is 12.2. The summed E-state index contributed by atoms with van der Waals surface area (Å²) in [6.07, 6.45) is 0. The van der Waals surface area contributed by atoms with Gasteiger partial charge in [-0.3, -0.25) is 20.4 Å². The molecule has 0 atom stereocenters. The zero-order chi connectivity index (χ0) is 16.9.